The van der Waals surface area contributed by atoms with E-state index in [9.17, 15) is 23.9 Å². The van der Waals surface area contributed by atoms with Crippen molar-refractivity contribution in [2.24, 2.45) is 0 Å². The SMILES string of the molecule is O=C(O)c1cn([C@H]2C[C@H]2F)c2c(Cl)c(N3CCN(CC(=O)N4CCOCC4)CC3)c(F)cc2c1=O. The molecule has 2 aromatic rings. The van der Waals surface area contributed by atoms with Gasteiger partial charge in [0.05, 0.1) is 47.4 Å². The summed E-state index contributed by atoms with van der Waals surface area (Å²) < 4.78 is 35.9. The van der Waals surface area contributed by atoms with Gasteiger partial charge in [0.1, 0.15) is 17.6 Å². The van der Waals surface area contributed by atoms with Gasteiger partial charge in [0, 0.05) is 51.9 Å². The second-order valence-corrected chi connectivity index (χ2v) is 9.45. The molecule has 1 aliphatic carbocycles. The normalized spacial score (nSPS) is 23.1. The number of ether oxygens (including phenoxy) is 1. The van der Waals surface area contributed by atoms with Crippen molar-refractivity contribution < 1.29 is 28.2 Å². The van der Waals surface area contributed by atoms with Crippen molar-refractivity contribution in [1.29, 1.82) is 0 Å². The summed E-state index contributed by atoms with van der Waals surface area (Å²) in [5.41, 5.74) is -1.20. The van der Waals surface area contributed by atoms with Crippen molar-refractivity contribution in [1.82, 2.24) is 14.4 Å². The number of alkyl halides is 1. The van der Waals surface area contributed by atoms with Gasteiger partial charge in [-0.15, -0.1) is 0 Å². The van der Waals surface area contributed by atoms with E-state index in [0.717, 1.165) is 12.3 Å². The number of carboxylic acid groups (broad SMARTS) is 1. The number of carbonyl (C=O) groups is 2. The molecule has 2 atom stereocenters. The number of carboxylic acids is 1. The third-order valence-electron chi connectivity index (χ3n) is 6.86. The highest BCUT2D eigenvalue weighted by Crippen LogP contribution is 2.44. The zero-order valence-electron chi connectivity index (χ0n) is 18.9. The number of morpholine rings is 1. The molecule has 0 unspecified atom stereocenters. The Morgan fingerprint density at radius 2 is 1.80 bits per heavy atom. The number of amides is 1. The first-order valence-corrected chi connectivity index (χ1v) is 11.9. The second kappa shape index (κ2) is 9.36. The fourth-order valence-corrected chi connectivity index (χ4v) is 5.22. The number of benzene rings is 1. The third-order valence-corrected chi connectivity index (χ3v) is 7.22. The highest BCUT2D eigenvalue weighted by molar-refractivity contribution is 6.38. The molecule has 1 N–H and O–H groups in total. The number of aromatic nitrogens is 1. The molecule has 12 heteroatoms. The van der Waals surface area contributed by atoms with Crippen molar-refractivity contribution in [3.05, 3.63) is 38.9 Å². The standard InChI is InChI=1S/C23H25ClF2N4O5/c24-19-20-13(22(32)14(23(33)34)11-30(20)17-10-15(17)25)9-16(26)21(19)29-3-1-27(2-4-29)12-18(31)28-5-7-35-8-6-28/h9,11,15,17H,1-8,10,12H2,(H,33,34)/t15-,17+/m1/s1. The summed E-state index contributed by atoms with van der Waals surface area (Å²) in [6, 6.07) is 0.334. The van der Waals surface area contributed by atoms with Crippen LogP contribution in [0, 0.1) is 5.82 Å². The molecule has 5 rings (SSSR count). The molecular weight excluding hydrogens is 486 g/mol. The number of carbonyl (C=O) groups excluding carboxylic acids is 1. The smallest absolute Gasteiger partial charge is 0.341 e. The molecule has 3 aliphatic rings. The van der Waals surface area contributed by atoms with Crippen LogP contribution in [0.25, 0.3) is 10.9 Å². The third kappa shape index (κ3) is 4.48. The van der Waals surface area contributed by atoms with Crippen LogP contribution >= 0.6 is 11.6 Å². The minimum atomic E-state index is -1.47. The maximum Gasteiger partial charge on any atom is 0.341 e. The van der Waals surface area contributed by atoms with Gasteiger partial charge in [-0.25, -0.2) is 13.6 Å². The number of nitrogens with zero attached hydrogens (tertiary/aromatic N) is 4. The van der Waals surface area contributed by atoms with Crippen molar-refractivity contribution in [3.8, 4) is 0 Å². The average molecular weight is 511 g/mol. The summed E-state index contributed by atoms with van der Waals surface area (Å²) >= 11 is 6.63. The van der Waals surface area contributed by atoms with E-state index in [1.165, 1.54) is 4.57 Å². The maximum absolute atomic E-state index is 15.3. The van der Waals surface area contributed by atoms with Crippen molar-refractivity contribution in [2.75, 3.05) is 63.9 Å². The van der Waals surface area contributed by atoms with Gasteiger partial charge in [0.15, 0.2) is 0 Å². The van der Waals surface area contributed by atoms with Gasteiger partial charge in [-0.1, -0.05) is 11.6 Å². The fourth-order valence-electron chi connectivity index (χ4n) is 4.81. The van der Waals surface area contributed by atoms with Crippen LogP contribution in [0.3, 0.4) is 0 Å². The van der Waals surface area contributed by atoms with Gasteiger partial charge in [-0.3, -0.25) is 14.5 Å². The summed E-state index contributed by atoms with van der Waals surface area (Å²) in [5, 5.41) is 9.17. The van der Waals surface area contributed by atoms with Gasteiger partial charge >= 0.3 is 5.97 Å². The largest absolute Gasteiger partial charge is 0.477 e. The van der Waals surface area contributed by atoms with Crippen molar-refractivity contribution in [3.63, 3.8) is 0 Å². The lowest BCUT2D eigenvalue weighted by atomic mass is 10.1. The molecule has 2 aliphatic heterocycles. The summed E-state index contributed by atoms with van der Waals surface area (Å²) in [5.74, 6) is -2.19. The Kier molecular flexibility index (Phi) is 6.41. The number of halogens is 3. The summed E-state index contributed by atoms with van der Waals surface area (Å²) in [6.07, 6.45) is 0.0649. The molecule has 3 fully saturated rings. The Hall–Kier alpha value is -2.76. The van der Waals surface area contributed by atoms with E-state index in [4.69, 9.17) is 16.3 Å². The van der Waals surface area contributed by atoms with Crippen LogP contribution in [0.1, 0.15) is 22.8 Å². The van der Waals surface area contributed by atoms with E-state index in [-0.39, 0.29) is 40.5 Å². The molecule has 0 spiro atoms. The Labute approximate surface area is 204 Å². The highest BCUT2D eigenvalue weighted by atomic mass is 35.5. The van der Waals surface area contributed by atoms with Crippen LogP contribution in [-0.4, -0.2) is 96.5 Å². The van der Waals surface area contributed by atoms with Crippen molar-refractivity contribution in [2.45, 2.75) is 18.6 Å². The van der Waals surface area contributed by atoms with E-state index < -0.39 is 35.0 Å². The lowest BCUT2D eigenvalue weighted by Crippen LogP contribution is -2.51. The van der Waals surface area contributed by atoms with Crippen LogP contribution in [0.4, 0.5) is 14.5 Å². The van der Waals surface area contributed by atoms with Crippen LogP contribution in [-0.2, 0) is 9.53 Å². The number of piperazine rings is 1. The second-order valence-electron chi connectivity index (χ2n) is 9.08. The summed E-state index contributed by atoms with van der Waals surface area (Å²) in [7, 11) is 0. The number of hydrogen-bond donors (Lipinski definition) is 1. The predicted molar refractivity (Wildman–Crippen MR) is 125 cm³/mol. The number of hydrogen-bond acceptors (Lipinski definition) is 6. The summed E-state index contributed by atoms with van der Waals surface area (Å²) in [6.45, 7) is 4.26. The zero-order chi connectivity index (χ0) is 24.9. The van der Waals surface area contributed by atoms with Gasteiger partial charge in [0.25, 0.3) is 0 Å². The number of aromatic carboxylic acids is 1. The molecule has 2 saturated heterocycles. The van der Waals surface area contributed by atoms with Crippen LogP contribution in [0.15, 0.2) is 17.1 Å². The fraction of sp³-hybridized carbons (Fsp3) is 0.522. The number of rotatable bonds is 5. The molecule has 0 bridgehead atoms. The zero-order valence-corrected chi connectivity index (χ0v) is 19.6. The van der Waals surface area contributed by atoms with E-state index in [1.807, 2.05) is 4.90 Å². The number of pyridine rings is 1. The van der Waals surface area contributed by atoms with Crippen LogP contribution in [0.5, 0.6) is 0 Å². The molecule has 1 amide bonds. The molecule has 188 valence electrons. The van der Waals surface area contributed by atoms with E-state index in [0.29, 0.717) is 52.5 Å². The highest BCUT2D eigenvalue weighted by Gasteiger charge is 2.41. The lowest BCUT2D eigenvalue weighted by molar-refractivity contribution is -0.136. The molecule has 3 heterocycles. The van der Waals surface area contributed by atoms with Crippen LogP contribution < -0.4 is 10.3 Å². The van der Waals surface area contributed by atoms with Gasteiger partial charge in [-0.2, -0.15) is 0 Å². The molecule has 1 aromatic heterocycles. The Morgan fingerprint density at radius 1 is 1.14 bits per heavy atom. The topological polar surface area (TPSA) is 95.3 Å². The monoisotopic (exact) mass is 510 g/mol. The molecule has 1 saturated carbocycles. The van der Waals surface area contributed by atoms with Crippen LogP contribution in [0.2, 0.25) is 5.02 Å². The lowest BCUT2D eigenvalue weighted by Gasteiger charge is -2.37. The minimum Gasteiger partial charge on any atom is -0.477 e. The van der Waals surface area contributed by atoms with E-state index in [1.54, 1.807) is 9.80 Å². The average Bonchev–Trinajstić information content (AvgIpc) is 3.57. The van der Waals surface area contributed by atoms with Crippen molar-refractivity contribution >= 4 is 40.1 Å². The van der Waals surface area contributed by atoms with E-state index in [2.05, 4.69) is 0 Å². The number of anilines is 1. The minimum absolute atomic E-state index is 0.0279. The number of fused-ring (bicyclic) bond motifs is 1. The van der Waals surface area contributed by atoms with Gasteiger partial charge in [-0.05, 0) is 6.07 Å². The first kappa shape index (κ1) is 24.0. The molecular formula is C23H25ClF2N4O5. The molecule has 35 heavy (non-hydrogen) atoms. The molecule has 1 aromatic carbocycles. The van der Waals surface area contributed by atoms with Gasteiger partial charge < -0.3 is 24.2 Å². The first-order valence-electron chi connectivity index (χ1n) is 11.5. The molecule has 9 nitrogen and oxygen atoms in total. The summed E-state index contributed by atoms with van der Waals surface area (Å²) in [4.78, 5) is 42.3. The quantitative estimate of drug-likeness (QED) is 0.655. The predicted octanol–water partition coefficient (Wildman–Crippen LogP) is 1.76. The molecule has 0 radical (unpaired) electrons. The van der Waals surface area contributed by atoms with Gasteiger partial charge in [0.2, 0.25) is 11.3 Å². The Balaban J connectivity index is 1.41. The Morgan fingerprint density at radius 3 is 2.40 bits per heavy atom. The Bertz CT molecular complexity index is 1240. The maximum atomic E-state index is 15.3. The first-order chi connectivity index (χ1) is 16.8. The van der Waals surface area contributed by atoms with E-state index >= 15 is 4.39 Å².